The lowest BCUT2D eigenvalue weighted by Crippen LogP contribution is -2.28. The fraction of sp³-hybridized carbons (Fsp3) is 0.368. The van der Waals surface area contributed by atoms with Crippen LogP contribution in [-0.4, -0.2) is 41.6 Å². The summed E-state index contributed by atoms with van der Waals surface area (Å²) in [4.78, 5) is 33.0. The molecule has 0 spiro atoms. The monoisotopic (exact) mass is 368 g/mol. The molecule has 3 aromatic rings. The predicted molar refractivity (Wildman–Crippen MR) is 101 cm³/mol. The van der Waals surface area contributed by atoms with Crippen molar-refractivity contribution in [1.29, 1.82) is 0 Å². The van der Waals surface area contributed by atoms with Crippen LogP contribution in [0.1, 0.15) is 28.8 Å². The molecule has 140 valence electrons. The standard InChI is InChI=1S/C19H21N5O3/c1-11-5-6-15-22-17-14(19(26)24(15)10-11)8-13(18(25)20-2)16(23-17)21-9-12-4-3-7-27-12/h5-6,8,10,12H,3-4,7,9H2,1-2H3,(H,20,25)(H,21,23)/p+1/t12-/m0/s1. The van der Waals surface area contributed by atoms with Crippen LogP contribution in [0, 0.1) is 6.92 Å². The number of aromatic amines is 1. The topological polar surface area (TPSA) is 98.9 Å². The number of hydrogen-bond donors (Lipinski definition) is 2. The summed E-state index contributed by atoms with van der Waals surface area (Å²) >= 11 is 0. The highest BCUT2D eigenvalue weighted by molar-refractivity contribution is 6.01. The van der Waals surface area contributed by atoms with Gasteiger partial charge in [0.15, 0.2) is 0 Å². The minimum Gasteiger partial charge on any atom is -0.376 e. The molecule has 27 heavy (non-hydrogen) atoms. The first-order chi connectivity index (χ1) is 13.1. The van der Waals surface area contributed by atoms with E-state index in [1.807, 2.05) is 19.1 Å². The van der Waals surface area contributed by atoms with Gasteiger partial charge in [-0.3, -0.25) is 4.79 Å². The number of rotatable bonds is 4. The number of amides is 1. The van der Waals surface area contributed by atoms with Crippen molar-refractivity contribution in [2.45, 2.75) is 25.9 Å². The number of nitrogens with one attached hydrogen (secondary N) is 3. The van der Waals surface area contributed by atoms with Gasteiger partial charge in [0, 0.05) is 26.3 Å². The number of ether oxygens (including phenoxy) is 1. The van der Waals surface area contributed by atoms with Gasteiger partial charge >= 0.3 is 5.56 Å². The molecule has 0 saturated carbocycles. The number of carbonyl (C=O) groups excluding carboxylic acids is 1. The Morgan fingerprint density at radius 3 is 3.04 bits per heavy atom. The summed E-state index contributed by atoms with van der Waals surface area (Å²) in [6.07, 6.45) is 3.88. The van der Waals surface area contributed by atoms with E-state index in [1.165, 1.54) is 4.40 Å². The molecule has 1 fully saturated rings. The second-order valence-electron chi connectivity index (χ2n) is 6.77. The Bertz CT molecular complexity index is 1090. The summed E-state index contributed by atoms with van der Waals surface area (Å²) in [6, 6.07) is 5.35. The van der Waals surface area contributed by atoms with Gasteiger partial charge in [0.25, 0.3) is 11.6 Å². The zero-order chi connectivity index (χ0) is 19.0. The average Bonchev–Trinajstić information content (AvgIpc) is 3.19. The third kappa shape index (κ3) is 3.23. The van der Waals surface area contributed by atoms with Crippen LogP contribution in [0.4, 0.5) is 5.82 Å². The van der Waals surface area contributed by atoms with E-state index in [4.69, 9.17) is 4.74 Å². The number of H-pyrrole nitrogens is 1. The zero-order valence-electron chi connectivity index (χ0n) is 15.3. The Balaban J connectivity index is 1.85. The number of hydrogen-bond acceptors (Lipinski definition) is 5. The van der Waals surface area contributed by atoms with E-state index in [0.717, 1.165) is 25.0 Å². The van der Waals surface area contributed by atoms with Crippen LogP contribution in [0.3, 0.4) is 0 Å². The molecule has 0 radical (unpaired) electrons. The fourth-order valence-corrected chi connectivity index (χ4v) is 3.36. The minimum absolute atomic E-state index is 0.106. The van der Waals surface area contributed by atoms with Crippen molar-refractivity contribution in [3.8, 4) is 0 Å². The van der Waals surface area contributed by atoms with Crippen molar-refractivity contribution in [3.63, 3.8) is 0 Å². The highest BCUT2D eigenvalue weighted by Crippen LogP contribution is 2.19. The Labute approximate surface area is 155 Å². The molecule has 0 bridgehead atoms. The van der Waals surface area contributed by atoms with Crippen LogP contribution < -0.4 is 21.2 Å². The Morgan fingerprint density at radius 1 is 1.44 bits per heavy atom. The van der Waals surface area contributed by atoms with E-state index < -0.39 is 0 Å². The van der Waals surface area contributed by atoms with Gasteiger partial charge in [-0.25, -0.2) is 9.78 Å². The summed E-state index contributed by atoms with van der Waals surface area (Å²) in [5, 5.41) is 6.18. The van der Waals surface area contributed by atoms with Crippen LogP contribution in [0.15, 0.2) is 29.2 Å². The van der Waals surface area contributed by atoms with Gasteiger partial charge in [-0.05, 0) is 37.5 Å². The second-order valence-corrected chi connectivity index (χ2v) is 6.77. The second kappa shape index (κ2) is 6.96. The number of pyridine rings is 2. The van der Waals surface area contributed by atoms with Gasteiger partial charge in [-0.1, -0.05) is 4.98 Å². The van der Waals surface area contributed by atoms with Crippen LogP contribution in [0.25, 0.3) is 16.7 Å². The molecule has 4 rings (SSSR count). The molecule has 1 atom stereocenters. The average molecular weight is 368 g/mol. The van der Waals surface area contributed by atoms with Gasteiger partial charge in [-0.15, -0.1) is 0 Å². The molecule has 1 amide bonds. The van der Waals surface area contributed by atoms with Crippen LogP contribution in [0.5, 0.6) is 0 Å². The van der Waals surface area contributed by atoms with Crippen molar-refractivity contribution < 1.29 is 14.5 Å². The van der Waals surface area contributed by atoms with Gasteiger partial charge in [0.05, 0.1) is 12.3 Å². The Hall–Kier alpha value is -3.00. The van der Waals surface area contributed by atoms with Gasteiger partial charge < -0.3 is 15.4 Å². The zero-order valence-corrected chi connectivity index (χ0v) is 15.3. The van der Waals surface area contributed by atoms with Gasteiger partial charge in [0.1, 0.15) is 10.9 Å². The Morgan fingerprint density at radius 2 is 2.30 bits per heavy atom. The maximum atomic E-state index is 12.9. The highest BCUT2D eigenvalue weighted by atomic mass is 16.5. The maximum Gasteiger partial charge on any atom is 0.325 e. The van der Waals surface area contributed by atoms with E-state index in [1.54, 1.807) is 19.3 Å². The number of anilines is 1. The van der Waals surface area contributed by atoms with E-state index >= 15 is 0 Å². The summed E-state index contributed by atoms with van der Waals surface area (Å²) in [5.74, 6) is 0.137. The SMILES string of the molecule is CNC(=O)c1cc2c(=O)n3cc(C)ccc3[nH+]c2nc1NC[C@@H]1CCCO1. The number of aryl methyl sites for hydroxylation is 1. The van der Waals surface area contributed by atoms with E-state index in [-0.39, 0.29) is 17.6 Å². The van der Waals surface area contributed by atoms with Crippen LogP contribution in [0.2, 0.25) is 0 Å². The quantitative estimate of drug-likeness (QED) is 0.667. The molecule has 1 aliphatic rings. The largest absolute Gasteiger partial charge is 0.376 e. The van der Waals surface area contributed by atoms with Crippen molar-refractivity contribution in [3.05, 3.63) is 45.9 Å². The van der Waals surface area contributed by atoms with E-state index in [9.17, 15) is 9.59 Å². The molecule has 0 aromatic carbocycles. The first-order valence-corrected chi connectivity index (χ1v) is 9.03. The fourth-order valence-electron chi connectivity index (χ4n) is 3.36. The summed E-state index contributed by atoms with van der Waals surface area (Å²) in [7, 11) is 1.55. The number of aromatic nitrogens is 3. The third-order valence-electron chi connectivity index (χ3n) is 4.81. The summed E-state index contributed by atoms with van der Waals surface area (Å²) in [5.41, 5.74) is 2.16. The molecule has 8 nitrogen and oxygen atoms in total. The lowest BCUT2D eigenvalue weighted by molar-refractivity contribution is -0.319. The smallest absolute Gasteiger partial charge is 0.325 e. The number of carbonyl (C=O) groups is 1. The van der Waals surface area contributed by atoms with E-state index in [2.05, 4.69) is 20.6 Å². The predicted octanol–water partition coefficient (Wildman–Crippen LogP) is 0.921. The molecule has 1 saturated heterocycles. The number of fused-ring (bicyclic) bond motifs is 2. The molecule has 3 aromatic heterocycles. The van der Waals surface area contributed by atoms with Crippen LogP contribution in [-0.2, 0) is 4.74 Å². The van der Waals surface area contributed by atoms with Gasteiger partial charge in [-0.2, -0.15) is 4.40 Å². The van der Waals surface area contributed by atoms with Crippen molar-refractivity contribution in [2.24, 2.45) is 0 Å². The lowest BCUT2D eigenvalue weighted by atomic mass is 10.1. The lowest BCUT2D eigenvalue weighted by Gasteiger charge is -2.12. The molecule has 4 heterocycles. The maximum absolute atomic E-state index is 12.9. The van der Waals surface area contributed by atoms with Crippen molar-refractivity contribution >= 4 is 28.4 Å². The normalized spacial score (nSPS) is 16.7. The first kappa shape index (κ1) is 17.4. The summed E-state index contributed by atoms with van der Waals surface area (Å²) < 4.78 is 7.16. The van der Waals surface area contributed by atoms with E-state index in [0.29, 0.717) is 34.6 Å². The number of nitrogens with zero attached hydrogens (tertiary/aromatic N) is 2. The van der Waals surface area contributed by atoms with Crippen molar-refractivity contribution in [1.82, 2.24) is 14.7 Å². The summed E-state index contributed by atoms with van der Waals surface area (Å²) in [6.45, 7) is 3.24. The molecule has 0 aliphatic carbocycles. The molecule has 1 aliphatic heterocycles. The van der Waals surface area contributed by atoms with Crippen LogP contribution >= 0.6 is 0 Å². The highest BCUT2D eigenvalue weighted by Gasteiger charge is 2.23. The molecule has 8 heteroatoms. The molecular weight excluding hydrogens is 346 g/mol. The Kier molecular flexibility index (Phi) is 4.49. The first-order valence-electron chi connectivity index (χ1n) is 9.03. The van der Waals surface area contributed by atoms with Gasteiger partial charge in [0.2, 0.25) is 11.5 Å². The molecular formula is C19H22N5O3+. The third-order valence-corrected chi connectivity index (χ3v) is 4.81. The molecule has 3 N–H and O–H groups in total. The molecule has 0 unspecified atom stereocenters. The minimum atomic E-state index is -0.298. The van der Waals surface area contributed by atoms with Crippen molar-refractivity contribution in [2.75, 3.05) is 25.5 Å².